The van der Waals surface area contributed by atoms with Crippen molar-refractivity contribution < 1.29 is 0 Å². The SMILES string of the molecule is CC1(C)CC(C)(C)CC(CN)(NCCC2=CCCC2)C1. The van der Waals surface area contributed by atoms with Crippen LogP contribution >= 0.6 is 0 Å². The maximum Gasteiger partial charge on any atom is 0.0314 e. The van der Waals surface area contributed by atoms with Gasteiger partial charge in [-0.05, 0) is 62.3 Å². The van der Waals surface area contributed by atoms with Crippen molar-refractivity contribution in [2.75, 3.05) is 13.1 Å². The highest BCUT2D eigenvalue weighted by molar-refractivity contribution is 5.09. The summed E-state index contributed by atoms with van der Waals surface area (Å²) in [5, 5.41) is 3.86. The van der Waals surface area contributed by atoms with Crippen molar-refractivity contribution in [1.82, 2.24) is 5.32 Å². The molecule has 0 bridgehead atoms. The Hall–Kier alpha value is -0.340. The molecule has 0 radical (unpaired) electrons. The molecule has 2 nitrogen and oxygen atoms in total. The Kier molecular flexibility index (Phi) is 4.66. The predicted octanol–water partition coefficient (Wildman–Crippen LogP) is 4.01. The number of nitrogens with two attached hydrogens (primary N) is 1. The van der Waals surface area contributed by atoms with Crippen LogP contribution in [-0.2, 0) is 0 Å². The Balaban J connectivity index is 1.96. The Morgan fingerprint density at radius 3 is 2.25 bits per heavy atom. The summed E-state index contributed by atoms with van der Waals surface area (Å²) in [6, 6.07) is 0. The van der Waals surface area contributed by atoms with Crippen LogP contribution in [0, 0.1) is 10.8 Å². The molecule has 0 aromatic rings. The van der Waals surface area contributed by atoms with E-state index in [1.807, 2.05) is 0 Å². The van der Waals surface area contributed by atoms with E-state index in [1.54, 1.807) is 5.57 Å². The summed E-state index contributed by atoms with van der Waals surface area (Å²) in [4.78, 5) is 0. The molecule has 0 heterocycles. The van der Waals surface area contributed by atoms with Gasteiger partial charge < -0.3 is 11.1 Å². The van der Waals surface area contributed by atoms with Crippen LogP contribution in [0.3, 0.4) is 0 Å². The lowest BCUT2D eigenvalue weighted by atomic mass is 9.58. The minimum absolute atomic E-state index is 0.143. The van der Waals surface area contributed by atoms with Crippen molar-refractivity contribution in [3.05, 3.63) is 11.6 Å². The molecule has 1 fully saturated rings. The second kappa shape index (κ2) is 5.81. The van der Waals surface area contributed by atoms with Gasteiger partial charge in [-0.1, -0.05) is 39.3 Å². The van der Waals surface area contributed by atoms with Crippen LogP contribution in [-0.4, -0.2) is 18.6 Å². The van der Waals surface area contributed by atoms with E-state index < -0.39 is 0 Å². The lowest BCUT2D eigenvalue weighted by Gasteiger charge is -2.52. The van der Waals surface area contributed by atoms with Crippen LogP contribution in [0.2, 0.25) is 0 Å². The first-order chi connectivity index (χ1) is 9.26. The van der Waals surface area contributed by atoms with Gasteiger partial charge in [-0.25, -0.2) is 0 Å². The third kappa shape index (κ3) is 4.08. The number of hydrogen-bond acceptors (Lipinski definition) is 2. The van der Waals surface area contributed by atoms with Gasteiger partial charge in [-0.2, -0.15) is 0 Å². The quantitative estimate of drug-likeness (QED) is 0.746. The highest BCUT2D eigenvalue weighted by atomic mass is 15.0. The van der Waals surface area contributed by atoms with E-state index >= 15 is 0 Å². The summed E-state index contributed by atoms with van der Waals surface area (Å²) in [5.74, 6) is 0. The van der Waals surface area contributed by atoms with Gasteiger partial charge >= 0.3 is 0 Å². The number of nitrogens with one attached hydrogen (secondary N) is 1. The van der Waals surface area contributed by atoms with Crippen molar-refractivity contribution >= 4 is 0 Å². The maximum absolute atomic E-state index is 6.20. The van der Waals surface area contributed by atoms with E-state index in [1.165, 1.54) is 44.9 Å². The van der Waals surface area contributed by atoms with Gasteiger partial charge in [-0.3, -0.25) is 0 Å². The molecule has 116 valence electrons. The Morgan fingerprint density at radius 2 is 1.75 bits per heavy atom. The highest BCUT2D eigenvalue weighted by Gasteiger charge is 2.46. The lowest BCUT2D eigenvalue weighted by Crippen LogP contribution is -2.59. The van der Waals surface area contributed by atoms with Gasteiger partial charge in [0.1, 0.15) is 0 Å². The molecule has 2 rings (SSSR count). The Morgan fingerprint density at radius 1 is 1.10 bits per heavy atom. The topological polar surface area (TPSA) is 38.0 Å². The van der Waals surface area contributed by atoms with Gasteiger partial charge in [0.25, 0.3) is 0 Å². The van der Waals surface area contributed by atoms with E-state index in [0.717, 1.165) is 13.1 Å². The molecule has 0 atom stereocenters. The summed E-state index contributed by atoms with van der Waals surface area (Å²) >= 11 is 0. The van der Waals surface area contributed by atoms with Crippen molar-refractivity contribution in [1.29, 1.82) is 0 Å². The summed E-state index contributed by atoms with van der Waals surface area (Å²) in [6.45, 7) is 11.5. The average molecular weight is 278 g/mol. The smallest absolute Gasteiger partial charge is 0.0314 e. The zero-order valence-electron chi connectivity index (χ0n) is 14.0. The van der Waals surface area contributed by atoms with Crippen LogP contribution < -0.4 is 11.1 Å². The maximum atomic E-state index is 6.20. The number of allylic oxidation sites excluding steroid dienone is 1. The first kappa shape index (κ1) is 16.0. The summed E-state index contributed by atoms with van der Waals surface area (Å²) in [6.07, 6.45) is 11.3. The van der Waals surface area contributed by atoms with E-state index in [4.69, 9.17) is 5.73 Å². The molecule has 3 N–H and O–H groups in total. The molecular formula is C18H34N2. The van der Waals surface area contributed by atoms with Gasteiger partial charge in [0, 0.05) is 12.1 Å². The van der Waals surface area contributed by atoms with Gasteiger partial charge in [0.15, 0.2) is 0 Å². The molecule has 2 aliphatic carbocycles. The summed E-state index contributed by atoms with van der Waals surface area (Å²) in [5.41, 5.74) is 8.77. The van der Waals surface area contributed by atoms with Crippen molar-refractivity contribution in [2.24, 2.45) is 16.6 Å². The fraction of sp³-hybridized carbons (Fsp3) is 0.889. The molecule has 0 spiro atoms. The molecule has 0 saturated heterocycles. The van der Waals surface area contributed by atoms with E-state index in [2.05, 4.69) is 39.1 Å². The normalized spacial score (nSPS) is 27.4. The molecule has 2 aliphatic rings. The second-order valence-corrected chi connectivity index (χ2v) is 8.77. The molecule has 0 aromatic carbocycles. The number of rotatable bonds is 5. The predicted molar refractivity (Wildman–Crippen MR) is 87.8 cm³/mol. The summed E-state index contributed by atoms with van der Waals surface area (Å²) < 4.78 is 0. The zero-order valence-corrected chi connectivity index (χ0v) is 14.0. The zero-order chi connectivity index (χ0) is 14.9. The van der Waals surface area contributed by atoms with Gasteiger partial charge in [-0.15, -0.1) is 0 Å². The van der Waals surface area contributed by atoms with Crippen LogP contribution in [0.4, 0.5) is 0 Å². The average Bonchev–Trinajstić information content (AvgIpc) is 2.77. The third-order valence-corrected chi connectivity index (χ3v) is 5.06. The first-order valence-electron chi connectivity index (χ1n) is 8.39. The molecular weight excluding hydrogens is 244 g/mol. The Bertz CT molecular complexity index is 350. The van der Waals surface area contributed by atoms with Crippen molar-refractivity contribution in [2.45, 2.75) is 78.2 Å². The van der Waals surface area contributed by atoms with Crippen LogP contribution in [0.1, 0.15) is 72.6 Å². The van der Waals surface area contributed by atoms with E-state index in [9.17, 15) is 0 Å². The standard InChI is InChI=1S/C18H34N2/c1-16(2)11-17(3,4)13-18(12-16,14-19)20-10-9-15-7-5-6-8-15/h7,20H,5-6,8-14,19H2,1-4H3. The van der Waals surface area contributed by atoms with Gasteiger partial charge in [0.05, 0.1) is 0 Å². The molecule has 1 saturated carbocycles. The van der Waals surface area contributed by atoms with Crippen LogP contribution in [0.15, 0.2) is 11.6 Å². The lowest BCUT2D eigenvalue weighted by molar-refractivity contribution is 0.0328. The second-order valence-electron chi connectivity index (χ2n) is 8.77. The minimum Gasteiger partial charge on any atom is -0.329 e. The van der Waals surface area contributed by atoms with E-state index in [-0.39, 0.29) is 5.54 Å². The first-order valence-corrected chi connectivity index (χ1v) is 8.39. The van der Waals surface area contributed by atoms with E-state index in [0.29, 0.717) is 10.8 Å². The fourth-order valence-corrected chi connectivity index (χ4v) is 5.11. The number of hydrogen-bond donors (Lipinski definition) is 2. The molecule has 2 heteroatoms. The van der Waals surface area contributed by atoms with Crippen molar-refractivity contribution in [3.8, 4) is 0 Å². The molecule has 0 amide bonds. The summed E-state index contributed by atoms with van der Waals surface area (Å²) in [7, 11) is 0. The fourth-order valence-electron chi connectivity index (χ4n) is 5.11. The Labute approximate surface area is 125 Å². The van der Waals surface area contributed by atoms with Crippen molar-refractivity contribution in [3.63, 3.8) is 0 Å². The third-order valence-electron chi connectivity index (χ3n) is 5.06. The molecule has 20 heavy (non-hydrogen) atoms. The van der Waals surface area contributed by atoms with Crippen LogP contribution in [0.5, 0.6) is 0 Å². The van der Waals surface area contributed by atoms with Gasteiger partial charge in [0.2, 0.25) is 0 Å². The molecule has 0 aromatic heterocycles. The molecule has 0 aliphatic heterocycles. The largest absolute Gasteiger partial charge is 0.329 e. The van der Waals surface area contributed by atoms with Crippen LogP contribution in [0.25, 0.3) is 0 Å². The monoisotopic (exact) mass is 278 g/mol. The minimum atomic E-state index is 0.143. The highest BCUT2D eigenvalue weighted by Crippen LogP contribution is 2.49. The molecule has 0 unspecified atom stereocenters.